The van der Waals surface area contributed by atoms with Crippen LogP contribution in [-0.2, 0) is 6.42 Å². The second kappa shape index (κ2) is 6.33. The molecule has 2 aromatic carbocycles. The van der Waals surface area contributed by atoms with Gasteiger partial charge in [0.1, 0.15) is 5.82 Å². The van der Waals surface area contributed by atoms with E-state index in [1.54, 1.807) is 12.1 Å². The molecule has 2 nitrogen and oxygen atoms in total. The number of hydrogen-bond acceptors (Lipinski definition) is 2. The van der Waals surface area contributed by atoms with E-state index in [9.17, 15) is 13.9 Å². The quantitative estimate of drug-likeness (QED) is 0.909. The SMILES string of the molecule is COc1ccc(C(O)Cc2ccc(F)cc2Br)cc1F. The van der Waals surface area contributed by atoms with Gasteiger partial charge >= 0.3 is 0 Å². The fourth-order valence-electron chi connectivity index (χ4n) is 1.90. The molecule has 1 N–H and O–H groups in total. The van der Waals surface area contributed by atoms with Crippen LogP contribution in [0.2, 0.25) is 0 Å². The third-order valence-electron chi connectivity index (χ3n) is 2.99. The van der Waals surface area contributed by atoms with Gasteiger partial charge in [0.2, 0.25) is 0 Å². The van der Waals surface area contributed by atoms with Crippen molar-refractivity contribution in [3.63, 3.8) is 0 Å². The fraction of sp³-hybridized carbons (Fsp3) is 0.200. The fourth-order valence-corrected chi connectivity index (χ4v) is 2.42. The van der Waals surface area contributed by atoms with E-state index in [-0.39, 0.29) is 18.0 Å². The van der Waals surface area contributed by atoms with Crippen LogP contribution >= 0.6 is 15.9 Å². The van der Waals surface area contributed by atoms with E-state index >= 15 is 0 Å². The molecule has 0 radical (unpaired) electrons. The first-order chi connectivity index (χ1) is 9.51. The summed E-state index contributed by atoms with van der Waals surface area (Å²) in [7, 11) is 1.38. The lowest BCUT2D eigenvalue weighted by Crippen LogP contribution is -2.03. The summed E-state index contributed by atoms with van der Waals surface area (Å²) in [5.74, 6) is -0.753. The van der Waals surface area contributed by atoms with Gasteiger partial charge < -0.3 is 9.84 Å². The van der Waals surface area contributed by atoms with Gasteiger partial charge in [0, 0.05) is 10.9 Å². The third kappa shape index (κ3) is 3.35. The van der Waals surface area contributed by atoms with Gasteiger partial charge in [-0.25, -0.2) is 8.78 Å². The van der Waals surface area contributed by atoms with Crippen molar-refractivity contribution in [2.24, 2.45) is 0 Å². The summed E-state index contributed by atoms with van der Waals surface area (Å²) in [6.07, 6.45) is -0.621. The van der Waals surface area contributed by atoms with Gasteiger partial charge in [-0.1, -0.05) is 28.1 Å². The van der Waals surface area contributed by atoms with Crippen molar-refractivity contribution in [1.82, 2.24) is 0 Å². The van der Waals surface area contributed by atoms with Gasteiger partial charge in [0.15, 0.2) is 11.6 Å². The van der Waals surface area contributed by atoms with Crippen molar-refractivity contribution in [3.05, 3.63) is 63.6 Å². The first-order valence-corrected chi connectivity index (χ1v) is 6.76. The largest absolute Gasteiger partial charge is 0.494 e. The van der Waals surface area contributed by atoms with Crippen LogP contribution in [0.3, 0.4) is 0 Å². The van der Waals surface area contributed by atoms with E-state index in [4.69, 9.17) is 4.74 Å². The zero-order chi connectivity index (χ0) is 14.7. The third-order valence-corrected chi connectivity index (χ3v) is 3.73. The van der Waals surface area contributed by atoms with Crippen LogP contribution in [0.15, 0.2) is 40.9 Å². The molecular formula is C15H13BrF2O2. The van der Waals surface area contributed by atoms with E-state index in [2.05, 4.69) is 15.9 Å². The molecular weight excluding hydrogens is 330 g/mol. The highest BCUT2D eigenvalue weighted by Crippen LogP contribution is 2.27. The lowest BCUT2D eigenvalue weighted by Gasteiger charge is -2.13. The molecule has 5 heteroatoms. The average molecular weight is 343 g/mol. The lowest BCUT2D eigenvalue weighted by molar-refractivity contribution is 0.177. The van der Waals surface area contributed by atoms with Crippen LogP contribution in [0.5, 0.6) is 5.75 Å². The molecule has 2 aromatic rings. The molecule has 2 rings (SSSR count). The molecule has 0 fully saturated rings. The van der Waals surface area contributed by atoms with Crippen LogP contribution in [0.25, 0.3) is 0 Å². The maximum absolute atomic E-state index is 13.6. The summed E-state index contributed by atoms with van der Waals surface area (Å²) < 4.78 is 32.0. The number of hydrogen-bond donors (Lipinski definition) is 1. The molecule has 0 saturated carbocycles. The number of methoxy groups -OCH3 is 1. The van der Waals surface area contributed by atoms with Crippen molar-refractivity contribution in [2.45, 2.75) is 12.5 Å². The number of benzene rings is 2. The summed E-state index contributed by atoms with van der Waals surface area (Å²) in [6, 6.07) is 8.54. The molecule has 20 heavy (non-hydrogen) atoms. The molecule has 0 spiro atoms. The molecule has 0 bridgehead atoms. The molecule has 1 unspecified atom stereocenters. The van der Waals surface area contributed by atoms with E-state index in [1.807, 2.05) is 0 Å². The summed E-state index contributed by atoms with van der Waals surface area (Å²) in [5.41, 5.74) is 1.19. The number of rotatable bonds is 4. The maximum Gasteiger partial charge on any atom is 0.165 e. The molecule has 0 saturated heterocycles. The minimum atomic E-state index is -0.878. The van der Waals surface area contributed by atoms with Crippen molar-refractivity contribution < 1.29 is 18.6 Å². The second-order valence-corrected chi connectivity index (χ2v) is 5.20. The highest BCUT2D eigenvalue weighted by Gasteiger charge is 2.13. The molecule has 0 aliphatic carbocycles. The van der Waals surface area contributed by atoms with Crippen molar-refractivity contribution >= 4 is 15.9 Å². The molecule has 0 aliphatic heterocycles. The average Bonchev–Trinajstić information content (AvgIpc) is 2.41. The van der Waals surface area contributed by atoms with Crippen molar-refractivity contribution in [1.29, 1.82) is 0 Å². The van der Waals surface area contributed by atoms with Crippen LogP contribution in [0.4, 0.5) is 8.78 Å². The topological polar surface area (TPSA) is 29.5 Å². The van der Waals surface area contributed by atoms with E-state index in [0.29, 0.717) is 10.0 Å². The Hall–Kier alpha value is -1.46. The first-order valence-electron chi connectivity index (χ1n) is 5.96. The predicted molar refractivity (Wildman–Crippen MR) is 75.7 cm³/mol. The number of aliphatic hydroxyl groups is 1. The van der Waals surface area contributed by atoms with E-state index < -0.39 is 11.9 Å². The first kappa shape index (κ1) is 14.9. The Morgan fingerprint density at radius 3 is 2.55 bits per heavy atom. The zero-order valence-electron chi connectivity index (χ0n) is 10.7. The molecule has 0 aliphatic rings. The van der Waals surface area contributed by atoms with E-state index in [1.165, 1.54) is 31.4 Å². The molecule has 106 valence electrons. The molecule has 1 atom stereocenters. The van der Waals surface area contributed by atoms with E-state index in [0.717, 1.165) is 5.56 Å². The van der Waals surface area contributed by atoms with Gasteiger partial charge in [0.25, 0.3) is 0 Å². The van der Waals surface area contributed by atoms with Crippen molar-refractivity contribution in [3.8, 4) is 5.75 Å². The van der Waals surface area contributed by atoms with Gasteiger partial charge in [-0.05, 0) is 35.4 Å². The number of aliphatic hydroxyl groups excluding tert-OH is 1. The Balaban J connectivity index is 2.19. The zero-order valence-corrected chi connectivity index (χ0v) is 12.3. The highest BCUT2D eigenvalue weighted by molar-refractivity contribution is 9.10. The Kier molecular flexibility index (Phi) is 4.73. The standard InChI is InChI=1S/C15H13BrF2O2/c1-20-15-5-3-10(6-13(15)18)14(19)7-9-2-4-11(17)8-12(9)16/h2-6,8,14,19H,7H2,1H3. The Bertz CT molecular complexity index is 617. The summed E-state index contributed by atoms with van der Waals surface area (Å²) >= 11 is 3.24. The normalized spacial score (nSPS) is 12.2. The highest BCUT2D eigenvalue weighted by atomic mass is 79.9. The van der Waals surface area contributed by atoms with Crippen LogP contribution in [0.1, 0.15) is 17.2 Å². The Labute approximate surface area is 124 Å². The summed E-state index contributed by atoms with van der Waals surface area (Å²) in [5, 5.41) is 10.1. The maximum atomic E-state index is 13.6. The van der Waals surface area contributed by atoms with Crippen molar-refractivity contribution in [2.75, 3.05) is 7.11 Å². The van der Waals surface area contributed by atoms with Gasteiger partial charge in [-0.15, -0.1) is 0 Å². The molecule has 0 aromatic heterocycles. The predicted octanol–water partition coefficient (Wildman–Crippen LogP) is 4.01. The number of halogens is 3. The Morgan fingerprint density at radius 1 is 1.20 bits per heavy atom. The lowest BCUT2D eigenvalue weighted by atomic mass is 10.0. The van der Waals surface area contributed by atoms with Crippen LogP contribution in [-0.4, -0.2) is 12.2 Å². The van der Waals surface area contributed by atoms with Gasteiger partial charge in [-0.2, -0.15) is 0 Å². The van der Waals surface area contributed by atoms with Gasteiger partial charge in [-0.3, -0.25) is 0 Å². The summed E-state index contributed by atoms with van der Waals surface area (Å²) in [4.78, 5) is 0. The minimum absolute atomic E-state index is 0.129. The minimum Gasteiger partial charge on any atom is -0.494 e. The molecule has 0 amide bonds. The molecule has 0 heterocycles. The Morgan fingerprint density at radius 2 is 1.95 bits per heavy atom. The number of ether oxygens (including phenoxy) is 1. The van der Waals surface area contributed by atoms with Gasteiger partial charge in [0.05, 0.1) is 13.2 Å². The smallest absolute Gasteiger partial charge is 0.165 e. The van der Waals surface area contributed by atoms with Crippen LogP contribution in [0, 0.1) is 11.6 Å². The van der Waals surface area contributed by atoms with Crippen LogP contribution < -0.4 is 4.74 Å². The monoisotopic (exact) mass is 342 g/mol. The summed E-state index contributed by atoms with van der Waals surface area (Å²) in [6.45, 7) is 0. The second-order valence-electron chi connectivity index (χ2n) is 4.35.